The van der Waals surface area contributed by atoms with E-state index in [-0.39, 0.29) is 0 Å². The van der Waals surface area contributed by atoms with Crippen LogP contribution in [0.15, 0.2) is 54.2 Å². The molecule has 0 aliphatic carbocycles. The van der Waals surface area contributed by atoms with Crippen LogP contribution < -0.4 is 5.73 Å². The van der Waals surface area contributed by atoms with Crippen LogP contribution in [0.2, 0.25) is 0 Å². The predicted molar refractivity (Wildman–Crippen MR) is 100 cm³/mol. The molecule has 2 N–H and O–H groups in total. The Labute approximate surface area is 151 Å². The van der Waals surface area contributed by atoms with Gasteiger partial charge in [0, 0.05) is 43.3 Å². The molecule has 1 aromatic carbocycles. The first kappa shape index (κ1) is 16.3. The molecule has 1 fully saturated rings. The monoisotopic (exact) mass is 351 g/mol. The Kier molecular flexibility index (Phi) is 4.83. The maximum atomic E-state index is 6.04. The molecule has 2 aromatic heterocycles. The van der Waals surface area contributed by atoms with Crippen LogP contribution in [0.5, 0.6) is 0 Å². The number of likely N-dealkylation sites (tertiary alicyclic amines) is 1. The van der Waals surface area contributed by atoms with Crippen LogP contribution in [0.25, 0.3) is 10.8 Å². The lowest BCUT2D eigenvalue weighted by molar-refractivity contribution is 0.313. The van der Waals surface area contributed by atoms with Gasteiger partial charge in [-0.15, -0.1) is 11.3 Å². The summed E-state index contributed by atoms with van der Waals surface area (Å²) in [4.78, 5) is 15.7. The number of thiazole rings is 1. The summed E-state index contributed by atoms with van der Waals surface area (Å²) in [5.74, 6) is 1.70. The van der Waals surface area contributed by atoms with E-state index in [1.165, 1.54) is 5.56 Å². The number of nitrogens with two attached hydrogens (primary N) is 1. The summed E-state index contributed by atoms with van der Waals surface area (Å²) in [6, 6.07) is 12.5. The highest BCUT2D eigenvalue weighted by atomic mass is 32.1. The Balaban J connectivity index is 1.46. The van der Waals surface area contributed by atoms with E-state index in [1.54, 1.807) is 23.7 Å². The lowest BCUT2D eigenvalue weighted by atomic mass is 9.89. The molecule has 3 aromatic rings. The van der Waals surface area contributed by atoms with E-state index in [0.717, 1.165) is 36.9 Å². The van der Waals surface area contributed by atoms with Crippen LogP contribution in [-0.2, 0) is 6.54 Å². The third kappa shape index (κ3) is 3.61. The normalized spacial score (nSPS) is 20.8. The fourth-order valence-electron chi connectivity index (χ4n) is 3.53. The number of aromatic nitrogens is 3. The van der Waals surface area contributed by atoms with Crippen molar-refractivity contribution in [3.8, 4) is 10.8 Å². The molecule has 6 heteroatoms. The second-order valence-electron chi connectivity index (χ2n) is 6.42. The highest BCUT2D eigenvalue weighted by Crippen LogP contribution is 2.33. The van der Waals surface area contributed by atoms with Crippen molar-refractivity contribution in [1.82, 2.24) is 19.9 Å². The van der Waals surface area contributed by atoms with Gasteiger partial charge in [-0.3, -0.25) is 4.90 Å². The summed E-state index contributed by atoms with van der Waals surface area (Å²) >= 11 is 1.60. The van der Waals surface area contributed by atoms with E-state index in [2.05, 4.69) is 50.6 Å². The molecule has 5 nitrogen and oxygen atoms in total. The number of rotatable bonds is 5. The van der Waals surface area contributed by atoms with Gasteiger partial charge in [0.1, 0.15) is 0 Å². The van der Waals surface area contributed by atoms with Crippen LogP contribution in [-0.4, -0.2) is 39.5 Å². The molecule has 25 heavy (non-hydrogen) atoms. The fourth-order valence-corrected chi connectivity index (χ4v) is 4.28. The molecular weight excluding hydrogens is 330 g/mol. The summed E-state index contributed by atoms with van der Waals surface area (Å²) in [7, 11) is 0. The summed E-state index contributed by atoms with van der Waals surface area (Å²) in [6.07, 6.45) is 3.50. The molecule has 0 saturated carbocycles. The molecule has 0 unspecified atom stereocenters. The summed E-state index contributed by atoms with van der Waals surface area (Å²) in [6.45, 7) is 3.62. The van der Waals surface area contributed by atoms with Crippen molar-refractivity contribution >= 4 is 11.3 Å². The van der Waals surface area contributed by atoms with Crippen molar-refractivity contribution in [2.75, 3.05) is 19.6 Å². The number of hydrogen-bond acceptors (Lipinski definition) is 6. The van der Waals surface area contributed by atoms with Crippen molar-refractivity contribution < 1.29 is 0 Å². The van der Waals surface area contributed by atoms with Gasteiger partial charge in [0.2, 0.25) is 0 Å². The van der Waals surface area contributed by atoms with E-state index in [4.69, 9.17) is 10.7 Å². The molecule has 0 spiro atoms. The second kappa shape index (κ2) is 7.39. The Morgan fingerprint density at radius 2 is 1.88 bits per heavy atom. The highest BCUT2D eigenvalue weighted by Gasteiger charge is 2.32. The Morgan fingerprint density at radius 3 is 2.64 bits per heavy atom. The Morgan fingerprint density at radius 1 is 1.08 bits per heavy atom. The van der Waals surface area contributed by atoms with E-state index >= 15 is 0 Å². The zero-order chi connectivity index (χ0) is 17.1. The standard InChI is InChI=1S/C19H21N5S/c20-9-15-10-24(12-17(15)14-5-2-1-3-6-14)11-16-13-25-19(23-16)18-21-7-4-8-22-18/h1-8,13,15,17H,9-12,20H2/t15-,17+/m1/s1. The highest BCUT2D eigenvalue weighted by molar-refractivity contribution is 7.13. The number of benzene rings is 1. The minimum absolute atomic E-state index is 0.498. The van der Waals surface area contributed by atoms with Crippen LogP contribution in [0.1, 0.15) is 17.2 Å². The van der Waals surface area contributed by atoms with Crippen LogP contribution in [0.3, 0.4) is 0 Å². The molecule has 0 amide bonds. The minimum atomic E-state index is 0.498. The Hall–Kier alpha value is -2.15. The van der Waals surface area contributed by atoms with Crippen LogP contribution >= 0.6 is 11.3 Å². The molecule has 128 valence electrons. The average molecular weight is 351 g/mol. The molecule has 4 rings (SSSR count). The van der Waals surface area contributed by atoms with Gasteiger partial charge < -0.3 is 5.73 Å². The third-order valence-electron chi connectivity index (χ3n) is 4.74. The van der Waals surface area contributed by atoms with Crippen molar-refractivity contribution in [2.45, 2.75) is 12.5 Å². The number of nitrogens with zero attached hydrogens (tertiary/aromatic N) is 4. The Bertz CT molecular complexity index is 805. The average Bonchev–Trinajstić information content (AvgIpc) is 3.30. The molecule has 0 radical (unpaired) electrons. The first-order chi connectivity index (χ1) is 12.3. The molecule has 1 aliphatic rings. The first-order valence-electron chi connectivity index (χ1n) is 8.52. The van der Waals surface area contributed by atoms with Gasteiger partial charge in [0.05, 0.1) is 5.69 Å². The molecule has 2 atom stereocenters. The van der Waals surface area contributed by atoms with Crippen molar-refractivity contribution in [3.05, 3.63) is 65.4 Å². The second-order valence-corrected chi connectivity index (χ2v) is 7.28. The third-order valence-corrected chi connectivity index (χ3v) is 5.63. The molecule has 1 aliphatic heterocycles. The van der Waals surface area contributed by atoms with Gasteiger partial charge >= 0.3 is 0 Å². The van der Waals surface area contributed by atoms with Crippen LogP contribution in [0.4, 0.5) is 0 Å². The first-order valence-corrected chi connectivity index (χ1v) is 9.40. The molecular formula is C19H21N5S. The zero-order valence-corrected chi connectivity index (χ0v) is 14.8. The van der Waals surface area contributed by atoms with Crippen molar-refractivity contribution in [1.29, 1.82) is 0 Å². The largest absolute Gasteiger partial charge is 0.330 e. The van der Waals surface area contributed by atoms with E-state index in [1.807, 2.05) is 6.07 Å². The predicted octanol–water partition coefficient (Wildman–Crippen LogP) is 2.77. The van der Waals surface area contributed by atoms with E-state index in [9.17, 15) is 0 Å². The van der Waals surface area contributed by atoms with Crippen molar-refractivity contribution in [2.24, 2.45) is 11.7 Å². The van der Waals surface area contributed by atoms with Gasteiger partial charge in [-0.2, -0.15) is 0 Å². The van der Waals surface area contributed by atoms with Crippen molar-refractivity contribution in [3.63, 3.8) is 0 Å². The van der Waals surface area contributed by atoms with Crippen LogP contribution in [0, 0.1) is 5.92 Å². The lowest BCUT2D eigenvalue weighted by Gasteiger charge is -2.16. The topological polar surface area (TPSA) is 67.9 Å². The zero-order valence-electron chi connectivity index (χ0n) is 14.0. The molecule has 3 heterocycles. The van der Waals surface area contributed by atoms with E-state index < -0.39 is 0 Å². The molecule has 1 saturated heterocycles. The van der Waals surface area contributed by atoms with Gasteiger partial charge in [-0.1, -0.05) is 30.3 Å². The summed E-state index contributed by atoms with van der Waals surface area (Å²) in [5.41, 5.74) is 8.51. The van der Waals surface area contributed by atoms with Gasteiger partial charge in [0.25, 0.3) is 0 Å². The summed E-state index contributed by atoms with van der Waals surface area (Å²) in [5, 5.41) is 2.99. The SMILES string of the molecule is NC[C@@H]1CN(Cc2csc(-c3ncccn3)n2)C[C@H]1c1ccccc1. The maximum Gasteiger partial charge on any atom is 0.188 e. The fraction of sp³-hybridized carbons (Fsp3) is 0.316. The smallest absolute Gasteiger partial charge is 0.188 e. The van der Waals surface area contributed by atoms with E-state index in [0.29, 0.717) is 17.7 Å². The van der Waals surface area contributed by atoms with Gasteiger partial charge in [-0.25, -0.2) is 15.0 Å². The molecule has 0 bridgehead atoms. The summed E-state index contributed by atoms with van der Waals surface area (Å²) < 4.78 is 0. The van der Waals surface area contributed by atoms with Gasteiger partial charge in [-0.05, 0) is 24.1 Å². The quantitative estimate of drug-likeness (QED) is 0.765. The van der Waals surface area contributed by atoms with Gasteiger partial charge in [0.15, 0.2) is 10.8 Å². The maximum absolute atomic E-state index is 6.04. The minimum Gasteiger partial charge on any atom is -0.330 e. The lowest BCUT2D eigenvalue weighted by Crippen LogP contribution is -2.23. The number of hydrogen-bond donors (Lipinski definition) is 1.